The van der Waals surface area contributed by atoms with Gasteiger partial charge in [0.05, 0.1) is 11.2 Å². The first-order chi connectivity index (χ1) is 14.1. The van der Waals surface area contributed by atoms with E-state index in [1.165, 1.54) is 11.1 Å². The lowest BCUT2D eigenvalue weighted by Crippen LogP contribution is -2.36. The quantitative estimate of drug-likeness (QED) is 0.555. The van der Waals surface area contributed by atoms with Crippen molar-refractivity contribution in [1.29, 1.82) is 0 Å². The molecule has 1 heterocycles. The molecule has 2 aromatic rings. The Labute approximate surface area is 186 Å². The number of hydrogen-bond acceptors (Lipinski definition) is 3. The molecule has 0 bridgehead atoms. The Balaban J connectivity index is 1.91. The van der Waals surface area contributed by atoms with E-state index in [1.807, 2.05) is 42.1 Å². The van der Waals surface area contributed by atoms with Gasteiger partial charge < -0.3 is 5.32 Å². The first-order valence-electron chi connectivity index (χ1n) is 10.9. The fourth-order valence-electron chi connectivity index (χ4n) is 4.20. The minimum absolute atomic E-state index is 0.00642. The Hall–Kier alpha value is -1.81. The number of rotatable bonds is 8. The van der Waals surface area contributed by atoms with Crippen LogP contribution in [-0.4, -0.2) is 22.9 Å². The average molecular weight is 425 g/mol. The second-order valence-corrected chi connectivity index (χ2v) is 11.3. The van der Waals surface area contributed by atoms with Gasteiger partial charge in [0.1, 0.15) is 0 Å². The smallest absolute Gasteiger partial charge is 0.252 e. The molecule has 1 aromatic carbocycles. The van der Waals surface area contributed by atoms with Crippen LogP contribution < -0.4 is 5.32 Å². The summed E-state index contributed by atoms with van der Waals surface area (Å²) in [6.07, 6.45) is 7.85. The zero-order valence-corrected chi connectivity index (χ0v) is 20.2. The molecule has 1 saturated carbocycles. The highest BCUT2D eigenvalue weighted by molar-refractivity contribution is 7.98. The summed E-state index contributed by atoms with van der Waals surface area (Å²) in [5, 5.41) is 3.34. The van der Waals surface area contributed by atoms with E-state index >= 15 is 0 Å². The minimum atomic E-state index is -0.300. The van der Waals surface area contributed by atoms with Gasteiger partial charge in [-0.2, -0.15) is 11.8 Å². The maximum Gasteiger partial charge on any atom is 0.252 e. The SMILES string of the molecule is CSCC(C)(C)CCc1c(C(=O)NC2(c3ccccn3)CC2)cccc1C(C)(C)C. The Morgan fingerprint density at radius 3 is 2.40 bits per heavy atom. The monoisotopic (exact) mass is 424 g/mol. The molecule has 4 heteroatoms. The first-order valence-corrected chi connectivity index (χ1v) is 12.3. The molecule has 3 rings (SSSR count). The molecule has 1 aliphatic rings. The summed E-state index contributed by atoms with van der Waals surface area (Å²) in [7, 11) is 0. The van der Waals surface area contributed by atoms with Crippen molar-refractivity contribution < 1.29 is 4.79 Å². The van der Waals surface area contributed by atoms with Gasteiger partial charge in [-0.25, -0.2) is 0 Å². The second kappa shape index (κ2) is 8.74. The number of pyridine rings is 1. The van der Waals surface area contributed by atoms with Crippen molar-refractivity contribution in [3.8, 4) is 0 Å². The normalized spacial score (nSPS) is 15.7. The third-order valence-electron chi connectivity index (χ3n) is 6.07. The molecule has 1 aliphatic carbocycles. The van der Waals surface area contributed by atoms with Crippen LogP contribution in [0.3, 0.4) is 0 Å². The van der Waals surface area contributed by atoms with Crippen LogP contribution >= 0.6 is 11.8 Å². The van der Waals surface area contributed by atoms with Gasteiger partial charge in [0, 0.05) is 11.8 Å². The number of carbonyl (C=O) groups excluding carboxylic acids is 1. The molecule has 0 radical (unpaired) electrons. The third-order valence-corrected chi connectivity index (χ3v) is 7.14. The predicted octanol–water partition coefficient (Wildman–Crippen LogP) is 6.12. The Kier molecular flexibility index (Phi) is 6.66. The molecule has 0 saturated heterocycles. The van der Waals surface area contributed by atoms with Gasteiger partial charge in [-0.3, -0.25) is 9.78 Å². The highest BCUT2D eigenvalue weighted by atomic mass is 32.2. The van der Waals surface area contributed by atoms with Crippen LogP contribution in [0.15, 0.2) is 42.6 Å². The van der Waals surface area contributed by atoms with Crippen molar-refractivity contribution in [2.75, 3.05) is 12.0 Å². The van der Waals surface area contributed by atoms with Crippen molar-refractivity contribution in [2.24, 2.45) is 5.41 Å². The standard InChI is InChI=1S/C26H36N2OS/c1-24(2,3)21-11-9-10-20(19(21)13-14-25(4,5)18-30-6)23(29)28-26(15-16-26)22-12-7-8-17-27-22/h7-12,17H,13-16,18H2,1-6H3,(H,28,29). The minimum Gasteiger partial charge on any atom is -0.341 e. The number of thioether (sulfide) groups is 1. The number of benzene rings is 1. The van der Waals surface area contributed by atoms with Crippen LogP contribution in [0, 0.1) is 5.41 Å². The van der Waals surface area contributed by atoms with Crippen LogP contribution in [0.1, 0.15) is 81.1 Å². The van der Waals surface area contributed by atoms with Gasteiger partial charge in [-0.15, -0.1) is 0 Å². The van der Waals surface area contributed by atoms with E-state index in [4.69, 9.17) is 0 Å². The number of nitrogens with zero attached hydrogens (tertiary/aromatic N) is 1. The number of hydrogen-bond donors (Lipinski definition) is 1. The van der Waals surface area contributed by atoms with Crippen molar-refractivity contribution in [3.63, 3.8) is 0 Å². The zero-order chi connectivity index (χ0) is 22.0. The van der Waals surface area contributed by atoms with Gasteiger partial charge in [0.15, 0.2) is 0 Å². The van der Waals surface area contributed by atoms with E-state index in [2.05, 4.69) is 57.2 Å². The van der Waals surface area contributed by atoms with Gasteiger partial charge in [-0.1, -0.05) is 52.8 Å². The highest BCUT2D eigenvalue weighted by Gasteiger charge is 2.47. The first kappa shape index (κ1) is 22.9. The third kappa shape index (κ3) is 5.26. The van der Waals surface area contributed by atoms with Crippen molar-refractivity contribution in [2.45, 2.75) is 71.3 Å². The van der Waals surface area contributed by atoms with Gasteiger partial charge in [0.25, 0.3) is 5.91 Å². The Morgan fingerprint density at radius 2 is 1.83 bits per heavy atom. The molecular formula is C26H36N2OS. The summed E-state index contributed by atoms with van der Waals surface area (Å²) in [4.78, 5) is 18.0. The molecule has 1 N–H and O–H groups in total. The lowest BCUT2D eigenvalue weighted by atomic mass is 9.78. The predicted molar refractivity (Wildman–Crippen MR) is 128 cm³/mol. The lowest BCUT2D eigenvalue weighted by Gasteiger charge is -2.29. The molecule has 0 atom stereocenters. The maximum atomic E-state index is 13.5. The Bertz CT molecular complexity index is 880. The van der Waals surface area contributed by atoms with Crippen LogP contribution in [-0.2, 0) is 17.4 Å². The van der Waals surface area contributed by atoms with E-state index in [-0.39, 0.29) is 22.3 Å². The van der Waals surface area contributed by atoms with Crippen LogP contribution in [0.4, 0.5) is 0 Å². The van der Waals surface area contributed by atoms with E-state index in [1.54, 1.807) is 6.20 Å². The maximum absolute atomic E-state index is 13.5. The average Bonchev–Trinajstić information content (AvgIpc) is 3.46. The number of aromatic nitrogens is 1. The van der Waals surface area contributed by atoms with E-state index in [0.29, 0.717) is 0 Å². The molecule has 162 valence electrons. The lowest BCUT2D eigenvalue weighted by molar-refractivity contribution is 0.0928. The number of carbonyl (C=O) groups is 1. The molecule has 0 aliphatic heterocycles. The summed E-state index contributed by atoms with van der Waals surface area (Å²) in [5.74, 6) is 1.15. The van der Waals surface area contributed by atoms with E-state index < -0.39 is 0 Å². The molecule has 0 spiro atoms. The van der Waals surface area contributed by atoms with Crippen molar-refractivity contribution >= 4 is 17.7 Å². The summed E-state index contributed by atoms with van der Waals surface area (Å²) in [5.41, 5.74) is 4.20. The van der Waals surface area contributed by atoms with Crippen LogP contribution in [0.5, 0.6) is 0 Å². The van der Waals surface area contributed by atoms with Crippen LogP contribution in [0.2, 0.25) is 0 Å². The summed E-state index contributed by atoms with van der Waals surface area (Å²) < 4.78 is 0. The summed E-state index contributed by atoms with van der Waals surface area (Å²) >= 11 is 1.89. The van der Waals surface area contributed by atoms with Crippen molar-refractivity contribution in [1.82, 2.24) is 10.3 Å². The summed E-state index contributed by atoms with van der Waals surface area (Å²) in [6.45, 7) is 11.3. The van der Waals surface area contributed by atoms with Gasteiger partial charge in [-0.05, 0) is 77.8 Å². The van der Waals surface area contributed by atoms with Gasteiger partial charge in [0.2, 0.25) is 0 Å². The number of amides is 1. The molecule has 1 amide bonds. The van der Waals surface area contributed by atoms with E-state index in [0.717, 1.165) is 42.7 Å². The number of nitrogens with one attached hydrogen (secondary N) is 1. The topological polar surface area (TPSA) is 42.0 Å². The molecule has 1 aromatic heterocycles. The molecule has 3 nitrogen and oxygen atoms in total. The fraction of sp³-hybridized carbons (Fsp3) is 0.538. The van der Waals surface area contributed by atoms with Gasteiger partial charge >= 0.3 is 0 Å². The molecule has 1 fully saturated rings. The molecule has 30 heavy (non-hydrogen) atoms. The van der Waals surface area contributed by atoms with Crippen molar-refractivity contribution in [3.05, 3.63) is 65.0 Å². The Morgan fingerprint density at radius 1 is 1.10 bits per heavy atom. The second-order valence-electron chi connectivity index (χ2n) is 10.4. The molecular weight excluding hydrogens is 388 g/mol. The largest absolute Gasteiger partial charge is 0.341 e. The van der Waals surface area contributed by atoms with E-state index in [9.17, 15) is 4.79 Å². The highest BCUT2D eigenvalue weighted by Crippen LogP contribution is 2.45. The van der Waals surface area contributed by atoms with Crippen LogP contribution in [0.25, 0.3) is 0 Å². The summed E-state index contributed by atoms with van der Waals surface area (Å²) in [6, 6.07) is 12.2. The zero-order valence-electron chi connectivity index (χ0n) is 19.3. The molecule has 0 unspecified atom stereocenters. The fourth-order valence-corrected chi connectivity index (χ4v) is 5.12.